The van der Waals surface area contributed by atoms with E-state index in [0.29, 0.717) is 0 Å². The molecular formula is C11H13ClO5. The molecule has 6 heteroatoms. The van der Waals surface area contributed by atoms with Crippen LogP contribution < -0.4 is 4.74 Å². The summed E-state index contributed by atoms with van der Waals surface area (Å²) in [7, 11) is 1.30. The van der Waals surface area contributed by atoms with Gasteiger partial charge in [0.2, 0.25) is 0 Å². The molecule has 0 saturated carbocycles. The molecule has 94 valence electrons. The number of aromatic carboxylic acids is 1. The molecule has 0 aliphatic rings. The highest BCUT2D eigenvalue weighted by molar-refractivity contribution is 6.18. The first-order valence-corrected chi connectivity index (χ1v) is 5.38. The smallest absolute Gasteiger partial charge is 0.339 e. The predicted molar refractivity (Wildman–Crippen MR) is 61.6 cm³/mol. The SMILES string of the molecule is COc1c(C(=O)O)cccc1C(O)C(O)CCl. The lowest BCUT2D eigenvalue weighted by atomic mass is 10.0. The molecule has 0 saturated heterocycles. The quantitative estimate of drug-likeness (QED) is 0.688. The number of aliphatic hydroxyl groups excluding tert-OH is 2. The van der Waals surface area contributed by atoms with Crippen molar-refractivity contribution in [2.24, 2.45) is 0 Å². The number of halogens is 1. The number of hydrogen-bond donors (Lipinski definition) is 3. The Bertz CT molecular complexity index is 407. The van der Waals surface area contributed by atoms with Crippen molar-refractivity contribution in [3.63, 3.8) is 0 Å². The summed E-state index contributed by atoms with van der Waals surface area (Å²) >= 11 is 5.43. The van der Waals surface area contributed by atoms with Gasteiger partial charge in [0.05, 0.1) is 19.1 Å². The molecule has 0 aliphatic carbocycles. The first kappa shape index (κ1) is 13.8. The van der Waals surface area contributed by atoms with E-state index in [-0.39, 0.29) is 22.8 Å². The average molecular weight is 261 g/mol. The molecule has 1 rings (SSSR count). The van der Waals surface area contributed by atoms with E-state index >= 15 is 0 Å². The summed E-state index contributed by atoms with van der Waals surface area (Å²) in [4.78, 5) is 10.9. The molecule has 0 bridgehead atoms. The molecule has 0 heterocycles. The van der Waals surface area contributed by atoms with Crippen molar-refractivity contribution >= 4 is 17.6 Å². The molecule has 0 spiro atoms. The fourth-order valence-electron chi connectivity index (χ4n) is 1.48. The Labute approximate surface area is 103 Å². The molecule has 0 aliphatic heterocycles. The van der Waals surface area contributed by atoms with Gasteiger partial charge >= 0.3 is 5.97 Å². The van der Waals surface area contributed by atoms with Crippen molar-refractivity contribution < 1.29 is 24.9 Å². The second-order valence-electron chi connectivity index (χ2n) is 3.40. The largest absolute Gasteiger partial charge is 0.495 e. The Morgan fingerprint density at radius 3 is 2.59 bits per heavy atom. The second-order valence-corrected chi connectivity index (χ2v) is 3.71. The summed E-state index contributed by atoms with van der Waals surface area (Å²) in [5.74, 6) is -1.31. The number of methoxy groups -OCH3 is 1. The lowest BCUT2D eigenvalue weighted by molar-refractivity contribution is 0.0310. The fraction of sp³-hybridized carbons (Fsp3) is 0.364. The number of carboxylic acid groups (broad SMARTS) is 1. The lowest BCUT2D eigenvalue weighted by Gasteiger charge is -2.19. The number of benzene rings is 1. The third kappa shape index (κ3) is 2.88. The van der Waals surface area contributed by atoms with Crippen LogP contribution in [0.15, 0.2) is 18.2 Å². The van der Waals surface area contributed by atoms with E-state index in [1.165, 1.54) is 25.3 Å². The Balaban J connectivity index is 3.24. The van der Waals surface area contributed by atoms with Crippen molar-refractivity contribution in [1.82, 2.24) is 0 Å². The van der Waals surface area contributed by atoms with Gasteiger partial charge in [0.25, 0.3) is 0 Å². The minimum atomic E-state index is -1.29. The van der Waals surface area contributed by atoms with E-state index in [4.69, 9.17) is 21.4 Å². The standard InChI is InChI=1S/C11H13ClO5/c1-17-10-6(9(14)8(13)5-12)3-2-4-7(10)11(15)16/h2-4,8-9,13-14H,5H2,1H3,(H,15,16). The third-order valence-electron chi connectivity index (χ3n) is 2.32. The maximum absolute atomic E-state index is 10.9. The van der Waals surface area contributed by atoms with Crippen LogP contribution in [0.4, 0.5) is 0 Å². The van der Waals surface area contributed by atoms with Crippen molar-refractivity contribution in [2.75, 3.05) is 13.0 Å². The molecule has 0 fully saturated rings. The minimum Gasteiger partial charge on any atom is -0.495 e. The number of aliphatic hydroxyl groups is 2. The highest BCUT2D eigenvalue weighted by Crippen LogP contribution is 2.31. The van der Waals surface area contributed by atoms with Crippen LogP contribution in [0.2, 0.25) is 0 Å². The van der Waals surface area contributed by atoms with E-state index < -0.39 is 18.2 Å². The van der Waals surface area contributed by atoms with E-state index in [9.17, 15) is 15.0 Å². The highest BCUT2D eigenvalue weighted by Gasteiger charge is 2.24. The van der Waals surface area contributed by atoms with Crippen LogP contribution in [-0.4, -0.2) is 40.4 Å². The molecule has 3 N–H and O–H groups in total. The number of carbonyl (C=O) groups is 1. The molecule has 0 aromatic heterocycles. The molecule has 2 unspecified atom stereocenters. The summed E-state index contributed by atoms with van der Waals surface area (Å²) in [6, 6.07) is 4.29. The van der Waals surface area contributed by atoms with Crippen LogP contribution in [0.3, 0.4) is 0 Å². The fourth-order valence-corrected chi connectivity index (χ4v) is 1.64. The zero-order valence-corrected chi connectivity index (χ0v) is 9.89. The minimum absolute atomic E-state index is 0.0247. The normalized spacial score (nSPS) is 14.1. The summed E-state index contributed by atoms with van der Waals surface area (Å²) in [5.41, 5.74) is 0.117. The van der Waals surface area contributed by atoms with Gasteiger partial charge in [-0.25, -0.2) is 4.79 Å². The van der Waals surface area contributed by atoms with E-state index in [2.05, 4.69) is 0 Å². The van der Waals surface area contributed by atoms with Crippen LogP contribution in [-0.2, 0) is 0 Å². The topological polar surface area (TPSA) is 87.0 Å². The zero-order valence-electron chi connectivity index (χ0n) is 9.13. The van der Waals surface area contributed by atoms with Crippen LogP contribution in [0.5, 0.6) is 5.75 Å². The summed E-state index contributed by atoms with van der Waals surface area (Å²) in [6.07, 6.45) is -2.48. The van der Waals surface area contributed by atoms with Gasteiger partial charge in [0.1, 0.15) is 17.4 Å². The number of ether oxygens (including phenoxy) is 1. The van der Waals surface area contributed by atoms with Gasteiger partial charge in [-0.15, -0.1) is 11.6 Å². The Morgan fingerprint density at radius 1 is 1.47 bits per heavy atom. The van der Waals surface area contributed by atoms with Crippen molar-refractivity contribution in [3.05, 3.63) is 29.3 Å². The molecule has 0 amide bonds. The number of carboxylic acids is 1. The Hall–Kier alpha value is -1.30. The van der Waals surface area contributed by atoms with Crippen LogP contribution in [0.1, 0.15) is 22.0 Å². The van der Waals surface area contributed by atoms with E-state index in [0.717, 1.165) is 0 Å². The third-order valence-corrected chi connectivity index (χ3v) is 2.64. The zero-order chi connectivity index (χ0) is 13.0. The van der Waals surface area contributed by atoms with Crippen molar-refractivity contribution in [1.29, 1.82) is 0 Å². The monoisotopic (exact) mass is 260 g/mol. The Kier molecular flexibility index (Phi) is 4.74. The summed E-state index contributed by atoms with van der Waals surface area (Å²) in [5, 5.41) is 28.2. The lowest BCUT2D eigenvalue weighted by Crippen LogP contribution is -2.21. The maximum atomic E-state index is 10.9. The molecule has 17 heavy (non-hydrogen) atoms. The first-order chi connectivity index (χ1) is 8.02. The van der Waals surface area contributed by atoms with Gasteiger partial charge in [-0.3, -0.25) is 0 Å². The van der Waals surface area contributed by atoms with Crippen LogP contribution >= 0.6 is 11.6 Å². The van der Waals surface area contributed by atoms with Crippen molar-refractivity contribution in [2.45, 2.75) is 12.2 Å². The average Bonchev–Trinajstić information content (AvgIpc) is 2.35. The number of alkyl halides is 1. The summed E-state index contributed by atoms with van der Waals surface area (Å²) < 4.78 is 4.96. The first-order valence-electron chi connectivity index (χ1n) is 4.85. The van der Waals surface area contributed by atoms with Gasteiger partial charge < -0.3 is 20.1 Å². The van der Waals surface area contributed by atoms with Crippen molar-refractivity contribution in [3.8, 4) is 5.75 Å². The van der Waals surface area contributed by atoms with Gasteiger partial charge in [-0.05, 0) is 6.07 Å². The van der Waals surface area contributed by atoms with Crippen LogP contribution in [0, 0.1) is 0 Å². The highest BCUT2D eigenvalue weighted by atomic mass is 35.5. The van der Waals surface area contributed by atoms with Crippen LogP contribution in [0.25, 0.3) is 0 Å². The van der Waals surface area contributed by atoms with Gasteiger partial charge in [-0.1, -0.05) is 12.1 Å². The molecular weight excluding hydrogens is 248 g/mol. The number of hydrogen-bond acceptors (Lipinski definition) is 4. The molecule has 1 aromatic carbocycles. The molecule has 0 radical (unpaired) electrons. The number of rotatable bonds is 5. The Morgan fingerprint density at radius 2 is 2.12 bits per heavy atom. The van der Waals surface area contributed by atoms with E-state index in [1.54, 1.807) is 0 Å². The second kappa shape index (κ2) is 5.86. The van der Waals surface area contributed by atoms with Gasteiger partial charge in [0, 0.05) is 5.56 Å². The van der Waals surface area contributed by atoms with Gasteiger partial charge in [0.15, 0.2) is 0 Å². The van der Waals surface area contributed by atoms with Gasteiger partial charge in [-0.2, -0.15) is 0 Å². The summed E-state index contributed by atoms with van der Waals surface area (Å²) in [6.45, 7) is 0. The van der Waals surface area contributed by atoms with E-state index in [1.807, 2.05) is 0 Å². The molecule has 2 atom stereocenters. The molecule has 1 aromatic rings. The maximum Gasteiger partial charge on any atom is 0.339 e. The predicted octanol–water partition coefficient (Wildman–Crippen LogP) is 1.03. The number of para-hydroxylation sites is 1. The molecule has 5 nitrogen and oxygen atoms in total.